The molecule has 0 radical (unpaired) electrons. The third-order valence-electron chi connectivity index (χ3n) is 4.38. The predicted octanol–water partition coefficient (Wildman–Crippen LogP) is 5.43. The Morgan fingerprint density at radius 2 is 1.61 bits per heavy atom. The maximum atomic E-state index is 12.7. The first-order valence-electron chi connectivity index (χ1n) is 9.43. The van der Waals surface area contributed by atoms with Crippen LogP contribution in [0.4, 0.5) is 16.4 Å². The van der Waals surface area contributed by atoms with Crippen LogP contribution in [0.2, 0.25) is 0 Å². The van der Waals surface area contributed by atoms with Crippen molar-refractivity contribution in [3.63, 3.8) is 0 Å². The molecule has 3 aromatic rings. The molecule has 9 heteroatoms. The van der Waals surface area contributed by atoms with E-state index in [0.29, 0.717) is 17.2 Å². The van der Waals surface area contributed by atoms with Crippen molar-refractivity contribution in [3.05, 3.63) is 74.6 Å². The van der Waals surface area contributed by atoms with Crippen LogP contribution in [0.25, 0.3) is 0 Å². The largest absolute Gasteiger partial charge is 0.328 e. The van der Waals surface area contributed by atoms with Crippen LogP contribution >= 0.6 is 34.5 Å². The molecule has 0 aliphatic rings. The van der Waals surface area contributed by atoms with Gasteiger partial charge in [0.2, 0.25) is 5.95 Å². The van der Waals surface area contributed by atoms with Gasteiger partial charge in [0.25, 0.3) is 5.91 Å². The van der Waals surface area contributed by atoms with Crippen molar-refractivity contribution in [2.24, 2.45) is 0 Å². The SMILES string of the molecule is Cc1cc(C)nc(NSc2ccc(NC(=O)N(C)C(=O)c3ccc(I)cc3C)cc2)n1. The summed E-state index contributed by atoms with van der Waals surface area (Å²) in [6, 6.07) is 14.2. The van der Waals surface area contributed by atoms with Crippen molar-refractivity contribution in [1.29, 1.82) is 0 Å². The fraction of sp³-hybridized carbons (Fsp3) is 0.182. The maximum absolute atomic E-state index is 12.7. The summed E-state index contributed by atoms with van der Waals surface area (Å²) in [4.78, 5) is 35.9. The van der Waals surface area contributed by atoms with Crippen LogP contribution in [0.5, 0.6) is 0 Å². The Hall–Kier alpha value is -2.66. The minimum absolute atomic E-state index is 0.351. The lowest BCUT2D eigenvalue weighted by atomic mass is 10.1. The monoisotopic (exact) mass is 547 g/mol. The van der Waals surface area contributed by atoms with E-state index in [2.05, 4.69) is 42.6 Å². The molecule has 2 aromatic carbocycles. The molecule has 160 valence electrons. The Kier molecular flexibility index (Phi) is 7.50. The van der Waals surface area contributed by atoms with Crippen LogP contribution in [0.3, 0.4) is 0 Å². The van der Waals surface area contributed by atoms with Gasteiger partial charge in [-0.05, 0) is 109 Å². The Balaban J connectivity index is 1.59. The summed E-state index contributed by atoms with van der Waals surface area (Å²) in [5, 5.41) is 2.75. The number of nitrogens with zero attached hydrogens (tertiary/aromatic N) is 3. The van der Waals surface area contributed by atoms with Crippen LogP contribution < -0.4 is 10.0 Å². The second-order valence-electron chi connectivity index (χ2n) is 6.96. The van der Waals surface area contributed by atoms with Gasteiger partial charge in [0.15, 0.2) is 0 Å². The van der Waals surface area contributed by atoms with Crippen LogP contribution in [0.15, 0.2) is 53.4 Å². The van der Waals surface area contributed by atoms with E-state index in [0.717, 1.165) is 30.3 Å². The van der Waals surface area contributed by atoms with Gasteiger partial charge >= 0.3 is 6.03 Å². The van der Waals surface area contributed by atoms with E-state index >= 15 is 0 Å². The lowest BCUT2D eigenvalue weighted by molar-refractivity contribution is 0.0840. The molecular formula is C22H22IN5O2S. The van der Waals surface area contributed by atoms with E-state index in [-0.39, 0.29) is 5.91 Å². The van der Waals surface area contributed by atoms with Gasteiger partial charge in [0.05, 0.1) is 0 Å². The van der Waals surface area contributed by atoms with Crippen molar-refractivity contribution in [3.8, 4) is 0 Å². The standard InChI is InChI=1S/C22H22IN5O2S/c1-13-11-16(23)5-10-19(13)20(29)28(4)22(30)26-17-6-8-18(9-7-17)31-27-21-24-14(2)12-15(3)25-21/h5-12H,1-4H3,(H,26,30)(H,24,25,27). The first-order chi connectivity index (χ1) is 14.7. The average molecular weight is 547 g/mol. The highest BCUT2D eigenvalue weighted by atomic mass is 127. The molecule has 0 atom stereocenters. The second-order valence-corrected chi connectivity index (χ2v) is 9.08. The number of carbonyl (C=O) groups is 2. The third kappa shape index (κ3) is 6.17. The summed E-state index contributed by atoms with van der Waals surface area (Å²) in [5.74, 6) is 0.196. The van der Waals surface area contributed by atoms with Gasteiger partial charge in [-0.2, -0.15) is 0 Å². The molecule has 3 rings (SSSR count). The molecule has 3 amide bonds. The quantitative estimate of drug-likeness (QED) is 0.327. The predicted molar refractivity (Wildman–Crippen MR) is 132 cm³/mol. The molecular weight excluding hydrogens is 525 g/mol. The van der Waals surface area contributed by atoms with Crippen LogP contribution in [-0.2, 0) is 0 Å². The van der Waals surface area contributed by atoms with Gasteiger partial charge in [-0.25, -0.2) is 14.8 Å². The zero-order valence-corrected chi connectivity index (χ0v) is 20.5. The number of urea groups is 1. The van der Waals surface area contributed by atoms with E-state index in [1.54, 1.807) is 18.2 Å². The maximum Gasteiger partial charge on any atom is 0.328 e. The van der Waals surface area contributed by atoms with E-state index < -0.39 is 6.03 Å². The number of rotatable bonds is 5. The molecule has 1 heterocycles. The molecule has 0 unspecified atom stereocenters. The zero-order valence-electron chi connectivity index (χ0n) is 17.6. The molecule has 31 heavy (non-hydrogen) atoms. The second kappa shape index (κ2) is 10.1. The van der Waals surface area contributed by atoms with Gasteiger partial charge in [-0.1, -0.05) is 0 Å². The summed E-state index contributed by atoms with van der Waals surface area (Å²) in [6.45, 7) is 5.70. The van der Waals surface area contributed by atoms with Gasteiger partial charge in [0, 0.05) is 38.2 Å². The Labute approximate surface area is 199 Å². The molecule has 0 bridgehead atoms. The minimum atomic E-state index is -0.495. The fourth-order valence-corrected chi connectivity index (χ4v) is 4.05. The van der Waals surface area contributed by atoms with Gasteiger partial charge < -0.3 is 5.32 Å². The molecule has 0 spiro atoms. The van der Waals surface area contributed by atoms with E-state index in [4.69, 9.17) is 0 Å². The minimum Gasteiger partial charge on any atom is -0.307 e. The number of halogens is 1. The summed E-state index contributed by atoms with van der Waals surface area (Å²) in [5.41, 5.74) is 3.72. The van der Waals surface area contributed by atoms with E-state index in [1.807, 2.05) is 51.1 Å². The summed E-state index contributed by atoms with van der Waals surface area (Å²) in [6.07, 6.45) is 0. The number of aryl methyl sites for hydroxylation is 3. The Bertz CT molecular complexity index is 1100. The molecule has 0 saturated heterocycles. The molecule has 2 N–H and O–H groups in total. The van der Waals surface area contributed by atoms with Gasteiger partial charge in [-0.15, -0.1) is 0 Å². The summed E-state index contributed by atoms with van der Waals surface area (Å²) >= 11 is 3.57. The van der Waals surface area contributed by atoms with E-state index in [1.165, 1.54) is 19.0 Å². The number of benzene rings is 2. The van der Waals surface area contributed by atoms with Gasteiger partial charge in [-0.3, -0.25) is 14.4 Å². The average Bonchev–Trinajstić information content (AvgIpc) is 2.71. The van der Waals surface area contributed by atoms with Crippen molar-refractivity contribution in [1.82, 2.24) is 14.9 Å². The van der Waals surface area contributed by atoms with Crippen LogP contribution in [0.1, 0.15) is 27.3 Å². The first kappa shape index (κ1) is 23.0. The Morgan fingerprint density at radius 1 is 0.968 bits per heavy atom. The van der Waals surface area contributed by atoms with Crippen molar-refractivity contribution in [2.45, 2.75) is 25.7 Å². The van der Waals surface area contributed by atoms with Crippen LogP contribution in [0, 0.1) is 24.3 Å². The molecule has 7 nitrogen and oxygen atoms in total. The van der Waals surface area contributed by atoms with Crippen molar-refractivity contribution in [2.75, 3.05) is 17.1 Å². The number of hydrogen-bond donors (Lipinski definition) is 2. The number of anilines is 2. The highest BCUT2D eigenvalue weighted by Gasteiger charge is 2.20. The normalized spacial score (nSPS) is 10.5. The lowest BCUT2D eigenvalue weighted by Gasteiger charge is -2.17. The molecule has 0 saturated carbocycles. The topological polar surface area (TPSA) is 87.2 Å². The number of carbonyl (C=O) groups excluding carboxylic acids is 2. The van der Waals surface area contributed by atoms with E-state index in [9.17, 15) is 9.59 Å². The van der Waals surface area contributed by atoms with Crippen molar-refractivity contribution < 1.29 is 9.59 Å². The lowest BCUT2D eigenvalue weighted by Crippen LogP contribution is -2.37. The molecule has 0 fully saturated rings. The number of aromatic nitrogens is 2. The van der Waals surface area contributed by atoms with Gasteiger partial charge in [0.1, 0.15) is 0 Å². The van der Waals surface area contributed by atoms with Crippen LogP contribution in [-0.4, -0.2) is 33.9 Å². The van der Waals surface area contributed by atoms with Crippen molar-refractivity contribution >= 4 is 58.1 Å². The zero-order chi connectivity index (χ0) is 22.5. The number of amides is 3. The molecule has 1 aromatic heterocycles. The Morgan fingerprint density at radius 3 is 2.23 bits per heavy atom. The highest BCUT2D eigenvalue weighted by Crippen LogP contribution is 2.22. The smallest absolute Gasteiger partial charge is 0.307 e. The highest BCUT2D eigenvalue weighted by molar-refractivity contribution is 14.1. The third-order valence-corrected chi connectivity index (χ3v) is 5.84. The number of hydrogen-bond acceptors (Lipinski definition) is 6. The number of nitrogens with one attached hydrogen (secondary N) is 2. The fourth-order valence-electron chi connectivity index (χ4n) is 2.83. The molecule has 0 aliphatic heterocycles. The summed E-state index contributed by atoms with van der Waals surface area (Å²) < 4.78 is 4.15. The molecule has 0 aliphatic carbocycles. The summed E-state index contributed by atoms with van der Waals surface area (Å²) in [7, 11) is 1.47. The first-order valence-corrected chi connectivity index (χ1v) is 11.3. The number of imide groups is 1.